The molecule has 0 aliphatic heterocycles. The van der Waals surface area contributed by atoms with Crippen LogP contribution < -0.4 is 10.9 Å². The van der Waals surface area contributed by atoms with Crippen molar-refractivity contribution in [2.75, 3.05) is 0 Å². The van der Waals surface area contributed by atoms with Gasteiger partial charge in [-0.05, 0) is 25.5 Å². The molecule has 7 heteroatoms. The molecule has 1 N–H and O–H groups in total. The average Bonchev–Trinajstić information content (AvgIpc) is 3.12. The molecule has 0 aliphatic carbocycles. The summed E-state index contributed by atoms with van der Waals surface area (Å²) in [4.78, 5) is 33.1. The van der Waals surface area contributed by atoms with Crippen LogP contribution in [-0.2, 0) is 16.9 Å². The second-order valence-electron chi connectivity index (χ2n) is 5.74. The fraction of sp³-hybridized carbons (Fsp3) is 0.294. The van der Waals surface area contributed by atoms with E-state index in [0.717, 1.165) is 5.01 Å². The van der Waals surface area contributed by atoms with Gasteiger partial charge in [-0.2, -0.15) is 0 Å². The maximum atomic E-state index is 12.6. The monoisotopic (exact) mass is 342 g/mol. The first-order chi connectivity index (χ1) is 11.5. The van der Waals surface area contributed by atoms with Crippen molar-refractivity contribution in [1.29, 1.82) is 0 Å². The van der Waals surface area contributed by atoms with E-state index < -0.39 is 5.54 Å². The minimum Gasteiger partial charge on any atom is -0.343 e. The number of rotatable bonds is 5. The minimum absolute atomic E-state index is 0.0527. The first-order valence-corrected chi connectivity index (χ1v) is 8.57. The van der Waals surface area contributed by atoms with Crippen molar-refractivity contribution >= 4 is 28.3 Å². The van der Waals surface area contributed by atoms with Crippen LogP contribution in [0.15, 0.2) is 46.8 Å². The van der Waals surface area contributed by atoms with E-state index in [0.29, 0.717) is 17.5 Å². The van der Waals surface area contributed by atoms with E-state index >= 15 is 0 Å². The van der Waals surface area contributed by atoms with E-state index in [1.54, 1.807) is 12.3 Å². The van der Waals surface area contributed by atoms with Gasteiger partial charge in [0.15, 0.2) is 0 Å². The molecular weight excluding hydrogens is 324 g/mol. The quantitative estimate of drug-likeness (QED) is 0.772. The highest BCUT2D eigenvalue weighted by Crippen LogP contribution is 2.26. The Morgan fingerprint density at radius 3 is 2.83 bits per heavy atom. The predicted octanol–water partition coefficient (Wildman–Crippen LogP) is 2.29. The smallest absolute Gasteiger partial charge is 0.269 e. The molecule has 3 rings (SSSR count). The molecule has 24 heavy (non-hydrogen) atoms. The molecule has 1 aromatic carbocycles. The largest absolute Gasteiger partial charge is 0.343 e. The van der Waals surface area contributed by atoms with Gasteiger partial charge < -0.3 is 5.32 Å². The molecule has 0 unspecified atom stereocenters. The molecule has 0 bridgehead atoms. The first kappa shape index (κ1) is 16.3. The average molecular weight is 342 g/mol. The molecule has 2 heterocycles. The van der Waals surface area contributed by atoms with Gasteiger partial charge in [-0.15, -0.1) is 11.3 Å². The summed E-state index contributed by atoms with van der Waals surface area (Å²) >= 11 is 1.50. The van der Waals surface area contributed by atoms with Crippen LogP contribution >= 0.6 is 11.3 Å². The number of hydrogen-bond acceptors (Lipinski definition) is 5. The van der Waals surface area contributed by atoms with E-state index in [-0.39, 0.29) is 18.0 Å². The zero-order valence-electron chi connectivity index (χ0n) is 13.5. The van der Waals surface area contributed by atoms with Crippen molar-refractivity contribution in [3.8, 4) is 0 Å². The summed E-state index contributed by atoms with van der Waals surface area (Å²) < 4.78 is 1.44. The molecule has 3 aromatic rings. The number of para-hydroxylation sites is 2. The Hall–Kier alpha value is -2.54. The van der Waals surface area contributed by atoms with Gasteiger partial charge in [-0.25, -0.2) is 9.97 Å². The third kappa shape index (κ3) is 3.07. The Balaban J connectivity index is 1.88. The minimum atomic E-state index is -0.544. The molecule has 0 saturated carbocycles. The van der Waals surface area contributed by atoms with Gasteiger partial charge in [0, 0.05) is 11.6 Å². The number of thiazole rings is 1. The first-order valence-electron chi connectivity index (χ1n) is 7.69. The lowest BCUT2D eigenvalue weighted by Crippen LogP contribution is -2.45. The van der Waals surface area contributed by atoms with Crippen molar-refractivity contribution in [3.05, 3.63) is 57.4 Å². The highest BCUT2D eigenvalue weighted by atomic mass is 32.1. The summed E-state index contributed by atoms with van der Waals surface area (Å²) in [7, 11) is 0. The summed E-state index contributed by atoms with van der Waals surface area (Å²) in [6.07, 6.45) is 3.68. The van der Waals surface area contributed by atoms with Gasteiger partial charge in [0.2, 0.25) is 5.91 Å². The van der Waals surface area contributed by atoms with E-state index in [9.17, 15) is 9.59 Å². The molecule has 0 aliphatic rings. The van der Waals surface area contributed by atoms with Gasteiger partial charge in [-0.3, -0.25) is 14.2 Å². The van der Waals surface area contributed by atoms with Gasteiger partial charge >= 0.3 is 0 Å². The molecular formula is C17H18N4O2S. The molecule has 0 fully saturated rings. The Bertz CT molecular complexity index is 920. The van der Waals surface area contributed by atoms with Crippen molar-refractivity contribution < 1.29 is 4.79 Å². The van der Waals surface area contributed by atoms with E-state index in [1.165, 1.54) is 22.1 Å². The Morgan fingerprint density at radius 1 is 1.33 bits per heavy atom. The fourth-order valence-corrected chi connectivity index (χ4v) is 3.39. The molecule has 1 amide bonds. The van der Waals surface area contributed by atoms with Gasteiger partial charge in [-0.1, -0.05) is 19.1 Å². The number of nitrogens with zero attached hydrogens (tertiary/aromatic N) is 3. The van der Waals surface area contributed by atoms with Crippen molar-refractivity contribution in [2.24, 2.45) is 0 Å². The summed E-state index contributed by atoms with van der Waals surface area (Å²) in [6.45, 7) is 3.88. The van der Waals surface area contributed by atoms with Crippen molar-refractivity contribution in [2.45, 2.75) is 32.4 Å². The second kappa shape index (κ2) is 6.52. The Kier molecular flexibility index (Phi) is 4.44. The fourth-order valence-electron chi connectivity index (χ4n) is 2.56. The van der Waals surface area contributed by atoms with E-state index in [4.69, 9.17) is 0 Å². The highest BCUT2D eigenvalue weighted by Gasteiger charge is 2.29. The van der Waals surface area contributed by atoms with Crippen LogP contribution in [-0.4, -0.2) is 20.4 Å². The van der Waals surface area contributed by atoms with Crippen LogP contribution in [0.4, 0.5) is 0 Å². The molecule has 2 aromatic heterocycles. The third-order valence-corrected chi connectivity index (χ3v) is 5.12. The molecule has 1 atom stereocenters. The summed E-state index contributed by atoms with van der Waals surface area (Å²) in [5, 5.41) is 5.75. The van der Waals surface area contributed by atoms with Crippen molar-refractivity contribution in [3.63, 3.8) is 0 Å². The molecule has 124 valence electrons. The van der Waals surface area contributed by atoms with Crippen molar-refractivity contribution in [1.82, 2.24) is 19.9 Å². The van der Waals surface area contributed by atoms with Gasteiger partial charge in [0.05, 0.1) is 22.8 Å². The zero-order chi connectivity index (χ0) is 17.2. The van der Waals surface area contributed by atoms with Crippen LogP contribution in [0.3, 0.4) is 0 Å². The van der Waals surface area contributed by atoms with E-state index in [2.05, 4.69) is 15.3 Å². The highest BCUT2D eigenvalue weighted by molar-refractivity contribution is 7.09. The molecule has 0 spiro atoms. The maximum Gasteiger partial charge on any atom is 0.269 e. The molecule has 0 radical (unpaired) electrons. The number of carbonyl (C=O) groups excluding carboxylic acids is 1. The number of benzene rings is 1. The number of hydrogen-bond donors (Lipinski definition) is 1. The summed E-state index contributed by atoms with van der Waals surface area (Å²) in [5.41, 5.74) is 0.490. The van der Waals surface area contributed by atoms with Gasteiger partial charge in [0.25, 0.3) is 5.56 Å². The van der Waals surface area contributed by atoms with Crippen LogP contribution in [0.25, 0.3) is 11.0 Å². The van der Waals surface area contributed by atoms with Crippen LogP contribution in [0, 0.1) is 0 Å². The number of nitrogens with one attached hydrogen (secondary N) is 1. The summed E-state index contributed by atoms with van der Waals surface area (Å²) in [6, 6.07) is 7.27. The topological polar surface area (TPSA) is 76.9 Å². The number of aromatic nitrogens is 3. The standard InChI is InChI=1S/C17H18N4O2S/c1-3-17(2,16-18-8-9-24-16)20-14(22)11-21-13-7-5-4-6-12(13)19-10-15(21)23/h4-10H,3,11H2,1-2H3,(H,20,22)/t17-/m1/s1. The lowest BCUT2D eigenvalue weighted by atomic mass is 10.00. The van der Waals surface area contributed by atoms with Crippen LogP contribution in [0.5, 0.6) is 0 Å². The number of carbonyl (C=O) groups is 1. The normalized spacial score (nSPS) is 13.6. The third-order valence-electron chi connectivity index (χ3n) is 4.08. The SMILES string of the molecule is CC[C@@](C)(NC(=O)Cn1c(=O)cnc2ccccc21)c1nccs1. The lowest BCUT2D eigenvalue weighted by Gasteiger charge is -2.27. The van der Waals surface area contributed by atoms with Crippen LogP contribution in [0.2, 0.25) is 0 Å². The van der Waals surface area contributed by atoms with Gasteiger partial charge in [0.1, 0.15) is 11.6 Å². The Labute approximate surface area is 143 Å². The lowest BCUT2D eigenvalue weighted by molar-refractivity contribution is -0.123. The zero-order valence-corrected chi connectivity index (χ0v) is 14.3. The molecule has 6 nitrogen and oxygen atoms in total. The maximum absolute atomic E-state index is 12.6. The summed E-state index contributed by atoms with van der Waals surface area (Å²) in [5.74, 6) is -0.229. The second-order valence-corrected chi connectivity index (χ2v) is 6.64. The number of amides is 1. The molecule has 0 saturated heterocycles. The Morgan fingerprint density at radius 2 is 2.12 bits per heavy atom. The van der Waals surface area contributed by atoms with Crippen LogP contribution in [0.1, 0.15) is 25.3 Å². The predicted molar refractivity (Wildman–Crippen MR) is 93.9 cm³/mol. The van der Waals surface area contributed by atoms with E-state index in [1.807, 2.05) is 37.4 Å². The number of fused-ring (bicyclic) bond motifs is 1.